The Morgan fingerprint density at radius 3 is 2.48 bits per heavy atom. The van der Waals surface area contributed by atoms with E-state index in [-0.39, 0.29) is 18.1 Å². The number of carbonyl (C=O) groups is 1. The monoisotopic (exact) mass is 305 g/mol. The molecule has 6 heteroatoms. The smallest absolute Gasteiger partial charge is 0.272 e. The predicted molar refractivity (Wildman–Crippen MR) is 79.1 cm³/mol. The number of hydrogen-bond donors (Lipinski definition) is 0. The topological polar surface area (TPSA) is 69.4 Å². The largest absolute Gasteiger partial charge is 0.485 e. The molecular weight excluding hydrogens is 294 g/mol. The maximum atomic E-state index is 11.9. The van der Waals surface area contributed by atoms with Crippen molar-refractivity contribution in [1.82, 2.24) is 0 Å². The summed E-state index contributed by atoms with van der Waals surface area (Å²) >= 11 is 5.75. The van der Waals surface area contributed by atoms with E-state index >= 15 is 0 Å². The van der Waals surface area contributed by atoms with Crippen LogP contribution in [0.1, 0.15) is 15.9 Å². The third-order valence-corrected chi connectivity index (χ3v) is 3.15. The van der Waals surface area contributed by atoms with Crippen LogP contribution >= 0.6 is 11.6 Å². The van der Waals surface area contributed by atoms with E-state index < -0.39 is 4.92 Å². The van der Waals surface area contributed by atoms with Gasteiger partial charge in [-0.25, -0.2) is 0 Å². The first-order valence-electron chi connectivity index (χ1n) is 6.14. The van der Waals surface area contributed by atoms with E-state index in [1.165, 1.54) is 18.2 Å². The summed E-state index contributed by atoms with van der Waals surface area (Å²) in [5.41, 5.74) is 1.00. The summed E-state index contributed by atoms with van der Waals surface area (Å²) in [7, 11) is 0. The summed E-state index contributed by atoms with van der Waals surface area (Å²) in [6.45, 7) is 1.48. The van der Waals surface area contributed by atoms with Gasteiger partial charge in [-0.1, -0.05) is 11.6 Å². The van der Waals surface area contributed by atoms with E-state index in [0.29, 0.717) is 21.9 Å². The summed E-state index contributed by atoms with van der Waals surface area (Å²) in [6.07, 6.45) is 0. The van der Waals surface area contributed by atoms with Gasteiger partial charge in [0.15, 0.2) is 12.4 Å². The third-order valence-electron chi connectivity index (χ3n) is 2.90. The van der Waals surface area contributed by atoms with E-state index in [4.69, 9.17) is 16.3 Å². The highest BCUT2D eigenvalue weighted by Gasteiger charge is 2.12. The molecule has 0 bridgehead atoms. The van der Waals surface area contributed by atoms with Crippen molar-refractivity contribution in [2.45, 2.75) is 6.92 Å². The lowest BCUT2D eigenvalue weighted by Crippen LogP contribution is -2.11. The summed E-state index contributed by atoms with van der Waals surface area (Å²) in [6, 6.07) is 10.9. The molecule has 0 atom stereocenters. The quantitative estimate of drug-likeness (QED) is 0.478. The maximum Gasteiger partial charge on any atom is 0.272 e. The number of halogens is 1. The molecule has 2 aromatic rings. The molecule has 0 saturated heterocycles. The van der Waals surface area contributed by atoms with Crippen LogP contribution in [0, 0.1) is 17.0 Å². The van der Waals surface area contributed by atoms with Crippen molar-refractivity contribution in [2.24, 2.45) is 0 Å². The molecule has 0 unspecified atom stereocenters. The molecule has 0 heterocycles. The van der Waals surface area contributed by atoms with Crippen LogP contribution in [0.2, 0.25) is 5.02 Å². The Morgan fingerprint density at radius 1 is 1.24 bits per heavy atom. The van der Waals surface area contributed by atoms with Gasteiger partial charge in [0.1, 0.15) is 5.75 Å². The summed E-state index contributed by atoms with van der Waals surface area (Å²) in [4.78, 5) is 22.2. The standard InChI is InChI=1S/C15H12ClNO4/c1-10-8-13(6-7-14(10)17(19)20)21-9-15(18)11-2-4-12(16)5-3-11/h2-8H,9H2,1H3. The van der Waals surface area contributed by atoms with Gasteiger partial charge in [0, 0.05) is 22.2 Å². The lowest BCUT2D eigenvalue weighted by molar-refractivity contribution is -0.385. The summed E-state index contributed by atoms with van der Waals surface area (Å²) in [5, 5.41) is 11.3. The second-order valence-corrected chi connectivity index (χ2v) is 4.86. The van der Waals surface area contributed by atoms with Crippen LogP contribution < -0.4 is 4.74 Å². The molecule has 0 saturated carbocycles. The van der Waals surface area contributed by atoms with Crippen molar-refractivity contribution in [3.05, 3.63) is 68.7 Å². The molecule has 21 heavy (non-hydrogen) atoms. The fourth-order valence-corrected chi connectivity index (χ4v) is 1.92. The minimum Gasteiger partial charge on any atom is -0.485 e. The van der Waals surface area contributed by atoms with Gasteiger partial charge in [0.2, 0.25) is 0 Å². The van der Waals surface area contributed by atoms with Crippen LogP contribution in [0.3, 0.4) is 0 Å². The van der Waals surface area contributed by atoms with E-state index in [0.717, 1.165) is 0 Å². The number of nitro benzene ring substituents is 1. The lowest BCUT2D eigenvalue weighted by Gasteiger charge is -2.06. The van der Waals surface area contributed by atoms with Crippen LogP contribution in [0.25, 0.3) is 0 Å². The normalized spacial score (nSPS) is 10.2. The second-order valence-electron chi connectivity index (χ2n) is 4.42. The molecular formula is C15H12ClNO4. The molecule has 0 aliphatic rings. The first-order chi connectivity index (χ1) is 9.97. The Bertz CT molecular complexity index is 683. The molecule has 0 amide bonds. The number of hydrogen-bond acceptors (Lipinski definition) is 4. The number of ether oxygens (including phenoxy) is 1. The molecule has 5 nitrogen and oxygen atoms in total. The van der Waals surface area contributed by atoms with Crippen LogP contribution in [0.15, 0.2) is 42.5 Å². The Morgan fingerprint density at radius 2 is 1.90 bits per heavy atom. The number of aryl methyl sites for hydroxylation is 1. The molecule has 2 aromatic carbocycles. The van der Waals surface area contributed by atoms with Crippen molar-refractivity contribution >= 4 is 23.1 Å². The molecule has 0 spiro atoms. The second kappa shape index (κ2) is 6.37. The first kappa shape index (κ1) is 15.0. The third kappa shape index (κ3) is 3.79. The van der Waals surface area contributed by atoms with E-state index in [1.54, 1.807) is 31.2 Å². The van der Waals surface area contributed by atoms with Crippen molar-refractivity contribution < 1.29 is 14.5 Å². The lowest BCUT2D eigenvalue weighted by atomic mass is 10.1. The minimum absolute atomic E-state index is 0.0198. The summed E-state index contributed by atoms with van der Waals surface area (Å²) in [5.74, 6) is 0.225. The predicted octanol–water partition coefficient (Wildman–Crippen LogP) is 3.82. The zero-order chi connectivity index (χ0) is 15.4. The highest BCUT2D eigenvalue weighted by atomic mass is 35.5. The number of carbonyl (C=O) groups excluding carboxylic acids is 1. The van der Waals surface area contributed by atoms with Crippen molar-refractivity contribution in [3.8, 4) is 5.75 Å². The van der Waals surface area contributed by atoms with Gasteiger partial charge >= 0.3 is 0 Å². The fraction of sp³-hybridized carbons (Fsp3) is 0.133. The number of nitrogens with zero attached hydrogens (tertiary/aromatic N) is 1. The average Bonchev–Trinajstić information content (AvgIpc) is 2.45. The van der Waals surface area contributed by atoms with E-state index in [1.807, 2.05) is 0 Å². The van der Waals surface area contributed by atoms with Gasteiger partial charge in [-0.2, -0.15) is 0 Å². The molecule has 0 fully saturated rings. The number of ketones is 1. The highest BCUT2D eigenvalue weighted by Crippen LogP contribution is 2.23. The molecule has 0 radical (unpaired) electrons. The van der Waals surface area contributed by atoms with Gasteiger partial charge in [-0.15, -0.1) is 0 Å². The zero-order valence-corrected chi connectivity index (χ0v) is 12.0. The van der Waals surface area contributed by atoms with Crippen molar-refractivity contribution in [3.63, 3.8) is 0 Å². The molecule has 0 aliphatic carbocycles. The van der Waals surface area contributed by atoms with Crippen LogP contribution in [0.5, 0.6) is 5.75 Å². The summed E-state index contributed by atoms with van der Waals surface area (Å²) < 4.78 is 5.36. The minimum atomic E-state index is -0.460. The number of Topliss-reactive ketones (excluding diaryl/α,β-unsaturated/α-hetero) is 1. The molecule has 0 aromatic heterocycles. The molecule has 0 N–H and O–H groups in total. The average molecular weight is 306 g/mol. The van der Waals surface area contributed by atoms with E-state index in [9.17, 15) is 14.9 Å². The van der Waals surface area contributed by atoms with Gasteiger partial charge in [-0.05, 0) is 43.3 Å². The van der Waals surface area contributed by atoms with Crippen LogP contribution in [0.4, 0.5) is 5.69 Å². The van der Waals surface area contributed by atoms with Gasteiger partial charge < -0.3 is 4.74 Å². The van der Waals surface area contributed by atoms with Crippen molar-refractivity contribution in [1.29, 1.82) is 0 Å². The molecule has 2 rings (SSSR count). The Hall–Kier alpha value is -2.40. The first-order valence-corrected chi connectivity index (χ1v) is 6.52. The van der Waals surface area contributed by atoms with Crippen LogP contribution in [-0.2, 0) is 0 Å². The van der Waals surface area contributed by atoms with Gasteiger partial charge in [-0.3, -0.25) is 14.9 Å². The molecule has 0 aliphatic heterocycles. The zero-order valence-electron chi connectivity index (χ0n) is 11.2. The highest BCUT2D eigenvalue weighted by molar-refractivity contribution is 6.30. The SMILES string of the molecule is Cc1cc(OCC(=O)c2ccc(Cl)cc2)ccc1[N+](=O)[O-]. The van der Waals surface area contributed by atoms with Gasteiger partial charge in [0.25, 0.3) is 5.69 Å². The molecule has 108 valence electrons. The Kier molecular flexibility index (Phi) is 4.55. The van der Waals surface area contributed by atoms with Crippen LogP contribution in [-0.4, -0.2) is 17.3 Å². The Balaban J connectivity index is 2.03. The fourth-order valence-electron chi connectivity index (χ4n) is 1.79. The van der Waals surface area contributed by atoms with Gasteiger partial charge in [0.05, 0.1) is 4.92 Å². The van der Waals surface area contributed by atoms with Crippen molar-refractivity contribution in [2.75, 3.05) is 6.61 Å². The number of nitro groups is 1. The number of benzene rings is 2. The maximum absolute atomic E-state index is 11.9. The van der Waals surface area contributed by atoms with E-state index in [2.05, 4.69) is 0 Å². The number of rotatable bonds is 5. The Labute approximate surface area is 126 Å².